The number of thioether (sulfide) groups is 1. The molecular weight excluding hydrogens is 454 g/mol. The summed E-state index contributed by atoms with van der Waals surface area (Å²) in [5.41, 5.74) is 0.712. The predicted octanol–water partition coefficient (Wildman–Crippen LogP) is 2.52. The molecule has 162 valence electrons. The molecule has 11 heteroatoms. The molecular formula is C20H21N5O3S3. The van der Waals surface area contributed by atoms with Crippen molar-refractivity contribution in [1.82, 2.24) is 19.9 Å². The number of thiocarbonyl (C=S) groups is 1. The van der Waals surface area contributed by atoms with Crippen molar-refractivity contribution in [2.45, 2.75) is 0 Å². The molecule has 2 aliphatic rings. The number of carbonyl (C=O) groups excluding carboxylic acids is 2. The molecule has 2 aliphatic heterocycles. The maximum absolute atomic E-state index is 13.0. The van der Waals surface area contributed by atoms with E-state index < -0.39 is 0 Å². The number of hydrogen-bond donors (Lipinski definition) is 1. The number of ether oxygens (including phenoxy) is 1. The molecule has 0 spiro atoms. The fraction of sp³-hybridized carbons (Fsp3) is 0.300. The van der Waals surface area contributed by atoms with E-state index in [1.807, 2.05) is 23.2 Å². The Hall–Kier alpha value is -2.31. The minimum atomic E-state index is -0.300. The van der Waals surface area contributed by atoms with E-state index in [1.54, 1.807) is 28.7 Å². The van der Waals surface area contributed by atoms with Crippen LogP contribution in [0.15, 0.2) is 40.7 Å². The molecule has 2 saturated heterocycles. The van der Waals surface area contributed by atoms with Crippen molar-refractivity contribution in [1.29, 1.82) is 0 Å². The summed E-state index contributed by atoms with van der Waals surface area (Å²) in [6.07, 6.45) is 3.39. The molecule has 1 N–H and O–H groups in total. The van der Waals surface area contributed by atoms with Gasteiger partial charge in [-0.3, -0.25) is 14.9 Å². The summed E-state index contributed by atoms with van der Waals surface area (Å²) < 4.78 is 6.24. The van der Waals surface area contributed by atoms with Crippen molar-refractivity contribution in [2.24, 2.45) is 0 Å². The summed E-state index contributed by atoms with van der Waals surface area (Å²) in [6.45, 7) is 3.12. The Morgan fingerprint density at radius 2 is 2.06 bits per heavy atom. The normalized spacial score (nSPS) is 19.3. The number of hydrogen-bond acceptors (Lipinski definition) is 9. The van der Waals surface area contributed by atoms with E-state index in [0.29, 0.717) is 25.7 Å². The van der Waals surface area contributed by atoms with Gasteiger partial charge in [0.2, 0.25) is 0 Å². The Morgan fingerprint density at radius 3 is 2.81 bits per heavy atom. The highest BCUT2D eigenvalue weighted by molar-refractivity contribution is 8.26. The van der Waals surface area contributed by atoms with E-state index in [1.165, 1.54) is 23.1 Å². The highest BCUT2D eigenvalue weighted by Gasteiger charge is 2.37. The lowest BCUT2D eigenvalue weighted by Gasteiger charge is -2.37. The van der Waals surface area contributed by atoms with E-state index in [4.69, 9.17) is 17.0 Å². The number of aromatic nitrogens is 1. The third-order valence-corrected chi connectivity index (χ3v) is 6.75. The van der Waals surface area contributed by atoms with Gasteiger partial charge < -0.3 is 9.64 Å². The molecule has 8 nitrogen and oxygen atoms in total. The maximum atomic E-state index is 13.0. The van der Waals surface area contributed by atoms with Crippen molar-refractivity contribution < 1.29 is 14.3 Å². The largest absolute Gasteiger partial charge is 0.483 e. The van der Waals surface area contributed by atoms with Crippen LogP contribution < -0.4 is 10.1 Å². The Bertz CT molecular complexity index is 1000. The molecule has 0 atom stereocenters. The molecule has 0 saturated carbocycles. The van der Waals surface area contributed by atoms with E-state index in [-0.39, 0.29) is 18.4 Å². The Balaban J connectivity index is 1.44. The number of nitrogens with one attached hydrogen (secondary N) is 1. The van der Waals surface area contributed by atoms with E-state index in [0.717, 1.165) is 26.2 Å². The predicted molar refractivity (Wildman–Crippen MR) is 127 cm³/mol. The average Bonchev–Trinajstić information content (AvgIpc) is 3.36. The first-order chi connectivity index (χ1) is 15.0. The van der Waals surface area contributed by atoms with Gasteiger partial charge in [-0.05, 0) is 19.2 Å². The van der Waals surface area contributed by atoms with Crippen molar-refractivity contribution in [3.8, 4) is 5.75 Å². The number of thiazole rings is 1. The average molecular weight is 476 g/mol. The lowest BCUT2D eigenvalue weighted by Crippen LogP contribution is -2.54. The van der Waals surface area contributed by atoms with Gasteiger partial charge in [-0.25, -0.2) is 15.0 Å². The molecule has 0 bridgehead atoms. The van der Waals surface area contributed by atoms with Crippen LogP contribution in [0.3, 0.4) is 0 Å². The lowest BCUT2D eigenvalue weighted by atomic mass is 10.2. The van der Waals surface area contributed by atoms with Crippen molar-refractivity contribution in [3.05, 3.63) is 46.3 Å². The Morgan fingerprint density at radius 1 is 1.29 bits per heavy atom. The second-order valence-corrected chi connectivity index (χ2v) is 9.53. The number of benzene rings is 1. The highest BCUT2D eigenvalue weighted by Crippen LogP contribution is 2.35. The summed E-state index contributed by atoms with van der Waals surface area (Å²) >= 11 is 8.09. The maximum Gasteiger partial charge on any atom is 0.280 e. The first-order valence-corrected chi connectivity index (χ1v) is 11.7. The molecule has 3 heterocycles. The number of piperazine rings is 1. The van der Waals surface area contributed by atoms with E-state index in [2.05, 4.69) is 22.2 Å². The number of likely N-dealkylation sites (N-methyl/N-ethyl adjacent to an activating group) is 1. The molecule has 1 aromatic carbocycles. The quantitative estimate of drug-likeness (QED) is 0.505. The zero-order valence-electron chi connectivity index (χ0n) is 16.8. The molecule has 0 unspecified atom stereocenters. The molecule has 0 aliphatic carbocycles. The summed E-state index contributed by atoms with van der Waals surface area (Å²) in [5.74, 6) is 0.0867. The number of amides is 2. The molecule has 0 radical (unpaired) electrons. The first kappa shape index (κ1) is 21.9. The molecule has 2 aromatic rings. The van der Waals surface area contributed by atoms with Crippen LogP contribution in [0.2, 0.25) is 0 Å². The SMILES string of the molecule is CN1CCN(N2C(=O)/C(=C/c3ccccc3OCC(=O)Nc3nccs3)SC2=S)CC1. The van der Waals surface area contributed by atoms with Gasteiger partial charge in [0.1, 0.15) is 5.75 Å². The van der Waals surface area contributed by atoms with Gasteiger partial charge in [0.05, 0.1) is 4.91 Å². The van der Waals surface area contributed by atoms with Gasteiger partial charge >= 0.3 is 0 Å². The van der Waals surface area contributed by atoms with Crippen LogP contribution in [0.5, 0.6) is 5.75 Å². The smallest absolute Gasteiger partial charge is 0.280 e. The minimum Gasteiger partial charge on any atom is -0.483 e. The van der Waals surface area contributed by atoms with Crippen molar-refractivity contribution >= 4 is 62.7 Å². The first-order valence-electron chi connectivity index (χ1n) is 9.64. The van der Waals surface area contributed by atoms with Crippen LogP contribution in [0, 0.1) is 0 Å². The molecule has 4 rings (SSSR count). The second-order valence-electron chi connectivity index (χ2n) is 6.96. The topological polar surface area (TPSA) is 78.0 Å². The molecule has 1 aromatic heterocycles. The standard InChI is InChI=1S/C20H21N5O3S3/c1-23-7-9-24(10-8-23)25-18(27)16(31-20(25)29)12-14-4-2-3-5-15(14)28-13-17(26)22-19-21-6-11-30-19/h2-6,11-12H,7-10,13H2,1H3,(H,21,22,26)/b16-12-. The Labute approximate surface area is 193 Å². The number of anilines is 1. The van der Waals surface area contributed by atoms with Gasteiger partial charge in [-0.15, -0.1) is 11.3 Å². The van der Waals surface area contributed by atoms with Crippen LogP contribution >= 0.6 is 35.3 Å². The summed E-state index contributed by atoms with van der Waals surface area (Å²) in [4.78, 5) is 31.9. The second kappa shape index (κ2) is 9.88. The van der Waals surface area contributed by atoms with Gasteiger partial charge in [-0.2, -0.15) is 0 Å². The van der Waals surface area contributed by atoms with Gasteiger partial charge in [0.25, 0.3) is 11.8 Å². The van der Waals surface area contributed by atoms with Crippen molar-refractivity contribution in [2.75, 3.05) is 45.2 Å². The lowest BCUT2D eigenvalue weighted by molar-refractivity contribution is -0.135. The van der Waals surface area contributed by atoms with E-state index in [9.17, 15) is 9.59 Å². The molecule has 2 fully saturated rings. The third kappa shape index (κ3) is 5.31. The monoisotopic (exact) mass is 475 g/mol. The summed E-state index contributed by atoms with van der Waals surface area (Å²) in [6, 6.07) is 7.29. The number of hydrazine groups is 1. The number of nitrogens with zero attached hydrogens (tertiary/aromatic N) is 4. The number of rotatable bonds is 6. The minimum absolute atomic E-state index is 0.129. The zero-order chi connectivity index (χ0) is 21.8. The van der Waals surface area contributed by atoms with Gasteiger partial charge in [-0.1, -0.05) is 42.2 Å². The van der Waals surface area contributed by atoms with E-state index >= 15 is 0 Å². The number of para-hydroxylation sites is 1. The van der Waals surface area contributed by atoms with Crippen LogP contribution in [0.4, 0.5) is 5.13 Å². The third-order valence-electron chi connectivity index (χ3n) is 4.78. The highest BCUT2D eigenvalue weighted by atomic mass is 32.2. The number of carbonyl (C=O) groups is 2. The summed E-state index contributed by atoms with van der Waals surface area (Å²) in [7, 11) is 2.07. The van der Waals surface area contributed by atoms with Crippen LogP contribution in [-0.2, 0) is 9.59 Å². The molecule has 31 heavy (non-hydrogen) atoms. The van der Waals surface area contributed by atoms with Gasteiger partial charge in [0, 0.05) is 43.3 Å². The van der Waals surface area contributed by atoms with Crippen LogP contribution in [0.25, 0.3) is 6.08 Å². The van der Waals surface area contributed by atoms with Gasteiger partial charge in [0.15, 0.2) is 16.1 Å². The fourth-order valence-electron chi connectivity index (χ4n) is 3.16. The Kier molecular flexibility index (Phi) is 6.98. The molecule has 2 amide bonds. The zero-order valence-corrected chi connectivity index (χ0v) is 19.3. The van der Waals surface area contributed by atoms with Crippen molar-refractivity contribution in [3.63, 3.8) is 0 Å². The fourth-order valence-corrected chi connectivity index (χ4v) is 5.00. The van der Waals surface area contributed by atoms with Crippen LogP contribution in [0.1, 0.15) is 5.56 Å². The van der Waals surface area contributed by atoms with Crippen LogP contribution in [-0.4, -0.2) is 75.9 Å². The summed E-state index contributed by atoms with van der Waals surface area (Å²) in [5, 5.41) is 8.59.